The van der Waals surface area contributed by atoms with Gasteiger partial charge in [0.05, 0.1) is 12.9 Å². The van der Waals surface area contributed by atoms with E-state index in [1.54, 1.807) is 7.11 Å². The van der Waals surface area contributed by atoms with Crippen LogP contribution in [0.1, 0.15) is 19.4 Å². The Balaban J connectivity index is 0.00000137. The molecule has 0 bridgehead atoms. The summed E-state index contributed by atoms with van der Waals surface area (Å²) >= 11 is 1.53. The van der Waals surface area contributed by atoms with Crippen molar-refractivity contribution >= 4 is 17.7 Å². The van der Waals surface area contributed by atoms with Gasteiger partial charge >= 0.3 is 0 Å². The van der Waals surface area contributed by atoms with Crippen molar-refractivity contribution in [2.75, 3.05) is 25.7 Å². The van der Waals surface area contributed by atoms with E-state index in [0.717, 1.165) is 17.7 Å². The molecule has 0 spiro atoms. The average Bonchev–Trinajstić information content (AvgIpc) is 2.42. The fourth-order valence-electron chi connectivity index (χ4n) is 1.43. The molecule has 1 rings (SSSR count). The number of carbonyl (C=O) groups excluding carboxylic acids is 1. The number of benzene rings is 1. The van der Waals surface area contributed by atoms with Crippen LogP contribution in [0.15, 0.2) is 24.3 Å². The van der Waals surface area contributed by atoms with E-state index < -0.39 is 0 Å². The molecular weight excluding hydrogens is 246 g/mol. The molecule has 0 saturated heterocycles. The van der Waals surface area contributed by atoms with E-state index in [4.69, 9.17) is 4.74 Å². The number of thioether (sulfide) groups is 1. The Kier molecular flexibility index (Phi) is 10.3. The van der Waals surface area contributed by atoms with Crippen LogP contribution in [0.3, 0.4) is 0 Å². The highest BCUT2D eigenvalue weighted by Crippen LogP contribution is 2.17. The van der Waals surface area contributed by atoms with Crippen LogP contribution >= 0.6 is 11.8 Å². The maximum atomic E-state index is 11.2. The number of rotatable bonds is 6. The maximum Gasteiger partial charge on any atom is 0.229 e. The summed E-state index contributed by atoms with van der Waals surface area (Å²) in [6.45, 7) is 4.65. The van der Waals surface area contributed by atoms with Crippen LogP contribution in [0.5, 0.6) is 5.75 Å². The van der Waals surface area contributed by atoms with Crippen molar-refractivity contribution in [2.24, 2.45) is 0 Å². The Morgan fingerprint density at radius 2 is 2.00 bits per heavy atom. The molecule has 102 valence electrons. The number of amides is 1. The number of ether oxygens (including phenoxy) is 1. The molecule has 0 aromatic heterocycles. The van der Waals surface area contributed by atoms with Gasteiger partial charge in [0.1, 0.15) is 5.75 Å². The van der Waals surface area contributed by atoms with E-state index in [-0.39, 0.29) is 5.91 Å². The Labute approximate surface area is 114 Å². The number of carbonyl (C=O) groups is 1. The van der Waals surface area contributed by atoms with Gasteiger partial charge in [-0.3, -0.25) is 4.79 Å². The summed E-state index contributed by atoms with van der Waals surface area (Å²) in [5, 5.41) is 2.87. The predicted octanol–water partition coefficient (Wildman–Crippen LogP) is 2.74. The van der Waals surface area contributed by atoms with Gasteiger partial charge in [0.2, 0.25) is 5.91 Å². The first-order chi connectivity index (χ1) is 8.77. The first-order valence-electron chi connectivity index (χ1n) is 6.15. The Hall–Kier alpha value is -1.16. The molecule has 1 N–H and O–H groups in total. The lowest BCUT2D eigenvalue weighted by atomic mass is 10.1. The van der Waals surface area contributed by atoms with Crippen molar-refractivity contribution in [2.45, 2.75) is 20.3 Å². The second kappa shape index (κ2) is 11.0. The van der Waals surface area contributed by atoms with Gasteiger partial charge in [0.15, 0.2) is 0 Å². The molecule has 3 nitrogen and oxygen atoms in total. The zero-order valence-electron chi connectivity index (χ0n) is 11.7. The molecular formula is C14H23NO2S. The third kappa shape index (κ3) is 6.55. The smallest absolute Gasteiger partial charge is 0.229 e. The molecule has 0 aliphatic carbocycles. The van der Waals surface area contributed by atoms with E-state index in [2.05, 4.69) is 5.32 Å². The van der Waals surface area contributed by atoms with Gasteiger partial charge in [-0.25, -0.2) is 0 Å². The fraction of sp³-hybridized carbons (Fsp3) is 0.500. The standard InChI is InChI=1S/C12H17NO2S.C2H6/c1-15-11-6-4-3-5-10(11)7-8-13-12(14)9-16-2;1-2/h3-6H,7-9H2,1-2H3,(H,13,14);1-2H3. The van der Waals surface area contributed by atoms with Crippen LogP contribution in [0, 0.1) is 0 Å². The van der Waals surface area contributed by atoms with Gasteiger partial charge in [-0.15, -0.1) is 0 Å². The minimum atomic E-state index is 0.0856. The summed E-state index contributed by atoms with van der Waals surface area (Å²) in [5.41, 5.74) is 1.12. The number of nitrogens with one attached hydrogen (secondary N) is 1. The van der Waals surface area contributed by atoms with Gasteiger partial charge in [0.25, 0.3) is 0 Å². The first kappa shape index (κ1) is 16.8. The van der Waals surface area contributed by atoms with Gasteiger partial charge in [-0.1, -0.05) is 32.0 Å². The molecule has 1 aromatic carbocycles. The van der Waals surface area contributed by atoms with Crippen molar-refractivity contribution in [1.29, 1.82) is 0 Å². The largest absolute Gasteiger partial charge is 0.496 e. The highest BCUT2D eigenvalue weighted by atomic mass is 32.2. The third-order valence-electron chi connectivity index (χ3n) is 2.18. The molecule has 0 aliphatic heterocycles. The molecule has 1 amide bonds. The zero-order chi connectivity index (χ0) is 13.8. The van der Waals surface area contributed by atoms with Gasteiger partial charge in [-0.2, -0.15) is 11.8 Å². The fourth-order valence-corrected chi connectivity index (χ4v) is 1.79. The molecule has 0 fully saturated rings. The van der Waals surface area contributed by atoms with Gasteiger partial charge in [0, 0.05) is 6.54 Å². The van der Waals surface area contributed by atoms with Crippen molar-refractivity contribution < 1.29 is 9.53 Å². The quantitative estimate of drug-likeness (QED) is 0.863. The molecule has 4 heteroatoms. The Morgan fingerprint density at radius 3 is 2.61 bits per heavy atom. The van der Waals surface area contributed by atoms with Gasteiger partial charge in [-0.05, 0) is 24.3 Å². The normalized spacial score (nSPS) is 9.11. The Bertz CT molecular complexity index is 342. The topological polar surface area (TPSA) is 38.3 Å². The summed E-state index contributed by atoms with van der Waals surface area (Å²) < 4.78 is 5.23. The molecule has 0 saturated carbocycles. The lowest BCUT2D eigenvalue weighted by molar-refractivity contribution is -0.118. The summed E-state index contributed by atoms with van der Waals surface area (Å²) in [5.74, 6) is 1.48. The molecule has 0 radical (unpaired) electrons. The van der Waals surface area contributed by atoms with Crippen molar-refractivity contribution in [3.05, 3.63) is 29.8 Å². The second-order valence-electron chi connectivity index (χ2n) is 3.34. The molecule has 0 unspecified atom stereocenters. The minimum absolute atomic E-state index is 0.0856. The van der Waals surface area contributed by atoms with Gasteiger partial charge < -0.3 is 10.1 Å². The second-order valence-corrected chi connectivity index (χ2v) is 4.21. The molecule has 1 aromatic rings. The number of hydrogen-bond donors (Lipinski definition) is 1. The summed E-state index contributed by atoms with van der Waals surface area (Å²) in [6, 6.07) is 7.86. The molecule has 18 heavy (non-hydrogen) atoms. The SMILES string of the molecule is CC.COc1ccccc1CCNC(=O)CSC. The lowest BCUT2D eigenvalue weighted by Gasteiger charge is -2.08. The van der Waals surface area contributed by atoms with E-state index in [0.29, 0.717) is 12.3 Å². The van der Waals surface area contributed by atoms with Crippen molar-refractivity contribution in [3.63, 3.8) is 0 Å². The van der Waals surface area contributed by atoms with Crippen LogP contribution in [0.2, 0.25) is 0 Å². The van der Waals surface area contributed by atoms with Crippen molar-refractivity contribution in [1.82, 2.24) is 5.32 Å². The van der Waals surface area contributed by atoms with E-state index in [9.17, 15) is 4.79 Å². The van der Waals surface area contributed by atoms with Crippen molar-refractivity contribution in [3.8, 4) is 5.75 Å². The summed E-state index contributed by atoms with van der Waals surface area (Å²) in [4.78, 5) is 11.2. The zero-order valence-corrected chi connectivity index (χ0v) is 12.5. The molecule has 0 heterocycles. The molecule has 0 atom stereocenters. The van der Waals surface area contributed by atoms with Crippen LogP contribution in [-0.2, 0) is 11.2 Å². The maximum absolute atomic E-state index is 11.2. The monoisotopic (exact) mass is 269 g/mol. The van der Waals surface area contributed by atoms with E-state index in [1.807, 2.05) is 44.4 Å². The van der Waals surface area contributed by atoms with Crippen LogP contribution in [0.4, 0.5) is 0 Å². The van der Waals surface area contributed by atoms with Crippen LogP contribution < -0.4 is 10.1 Å². The first-order valence-corrected chi connectivity index (χ1v) is 7.55. The Morgan fingerprint density at radius 1 is 1.33 bits per heavy atom. The van der Waals surface area contributed by atoms with Crippen LogP contribution in [-0.4, -0.2) is 31.6 Å². The molecule has 0 aliphatic rings. The highest BCUT2D eigenvalue weighted by Gasteiger charge is 2.02. The third-order valence-corrected chi connectivity index (χ3v) is 2.74. The highest BCUT2D eigenvalue weighted by molar-refractivity contribution is 7.99. The number of para-hydroxylation sites is 1. The summed E-state index contributed by atoms with van der Waals surface area (Å²) in [6.07, 6.45) is 2.71. The average molecular weight is 269 g/mol. The minimum Gasteiger partial charge on any atom is -0.496 e. The summed E-state index contributed by atoms with van der Waals surface area (Å²) in [7, 11) is 1.66. The lowest BCUT2D eigenvalue weighted by Crippen LogP contribution is -2.27. The predicted molar refractivity (Wildman–Crippen MR) is 79.4 cm³/mol. The number of hydrogen-bond acceptors (Lipinski definition) is 3. The van der Waals surface area contributed by atoms with Crippen LogP contribution in [0.25, 0.3) is 0 Å². The number of methoxy groups -OCH3 is 1. The van der Waals surface area contributed by atoms with E-state index >= 15 is 0 Å². The van der Waals surface area contributed by atoms with E-state index in [1.165, 1.54) is 11.8 Å².